The highest BCUT2D eigenvalue weighted by Crippen LogP contribution is 2.28. The lowest BCUT2D eigenvalue weighted by atomic mass is 10.2. The molecule has 0 aliphatic carbocycles. The van der Waals surface area contributed by atoms with Crippen LogP contribution in [0.5, 0.6) is 11.5 Å². The molecule has 1 N–H and O–H groups in total. The van der Waals surface area contributed by atoms with Crippen LogP contribution in [0.4, 0.5) is 16.3 Å². The lowest BCUT2D eigenvalue weighted by Gasteiger charge is -2.16. The van der Waals surface area contributed by atoms with E-state index in [2.05, 4.69) is 10.3 Å². The van der Waals surface area contributed by atoms with Crippen molar-refractivity contribution in [2.75, 3.05) is 18.4 Å². The molecule has 1 aliphatic heterocycles. The fraction of sp³-hybridized carbons (Fsp3) is 0.294. The lowest BCUT2D eigenvalue weighted by Crippen LogP contribution is -2.32. The van der Waals surface area contributed by atoms with Crippen molar-refractivity contribution in [1.29, 1.82) is 0 Å². The van der Waals surface area contributed by atoms with Crippen LogP contribution in [-0.4, -0.2) is 33.9 Å². The SMILES string of the molecule is Cc1cc([N+](=O)[O-])ccc1Oc1ccnc(NC(=O)N2CCCC2)c1. The molecule has 3 rings (SSSR count). The summed E-state index contributed by atoms with van der Waals surface area (Å²) in [5.74, 6) is 1.39. The largest absolute Gasteiger partial charge is 0.457 e. The van der Waals surface area contributed by atoms with Gasteiger partial charge in [-0.15, -0.1) is 0 Å². The number of non-ortho nitro benzene ring substituents is 1. The third kappa shape index (κ3) is 4.03. The number of carbonyl (C=O) groups excluding carboxylic acids is 1. The van der Waals surface area contributed by atoms with Crippen molar-refractivity contribution in [2.45, 2.75) is 19.8 Å². The molecule has 1 aromatic heterocycles. The van der Waals surface area contributed by atoms with Crippen LogP contribution in [0.1, 0.15) is 18.4 Å². The predicted octanol–water partition coefficient (Wildman–Crippen LogP) is 3.72. The maximum absolute atomic E-state index is 12.1. The van der Waals surface area contributed by atoms with Crippen molar-refractivity contribution in [3.63, 3.8) is 0 Å². The van der Waals surface area contributed by atoms with Crippen LogP contribution in [0.25, 0.3) is 0 Å². The first kappa shape index (κ1) is 16.7. The molecule has 8 heteroatoms. The van der Waals surface area contributed by atoms with Gasteiger partial charge in [-0.05, 0) is 37.5 Å². The average Bonchev–Trinajstić information content (AvgIpc) is 3.11. The topological polar surface area (TPSA) is 97.6 Å². The summed E-state index contributed by atoms with van der Waals surface area (Å²) in [6.45, 7) is 3.24. The molecule has 0 saturated carbocycles. The quantitative estimate of drug-likeness (QED) is 0.674. The minimum Gasteiger partial charge on any atom is -0.457 e. The molecule has 8 nitrogen and oxygen atoms in total. The van der Waals surface area contributed by atoms with E-state index in [4.69, 9.17) is 4.74 Å². The molecule has 2 amide bonds. The molecule has 1 saturated heterocycles. The Hall–Kier alpha value is -3.16. The summed E-state index contributed by atoms with van der Waals surface area (Å²) in [7, 11) is 0. The lowest BCUT2D eigenvalue weighted by molar-refractivity contribution is -0.384. The van der Waals surface area contributed by atoms with E-state index in [0.29, 0.717) is 22.9 Å². The molecular weight excluding hydrogens is 324 g/mol. The van der Waals surface area contributed by atoms with Crippen LogP contribution in [0.2, 0.25) is 0 Å². The van der Waals surface area contributed by atoms with Crippen molar-refractivity contribution in [3.8, 4) is 11.5 Å². The number of nitrogens with zero attached hydrogens (tertiary/aromatic N) is 3. The molecule has 25 heavy (non-hydrogen) atoms. The van der Waals surface area contributed by atoms with Crippen molar-refractivity contribution in [2.24, 2.45) is 0 Å². The van der Waals surface area contributed by atoms with Gasteiger partial charge in [0.1, 0.15) is 17.3 Å². The van der Waals surface area contributed by atoms with Gasteiger partial charge in [0.15, 0.2) is 0 Å². The smallest absolute Gasteiger partial charge is 0.323 e. The number of rotatable bonds is 4. The van der Waals surface area contributed by atoms with Crippen LogP contribution in [-0.2, 0) is 0 Å². The number of hydrogen-bond donors (Lipinski definition) is 1. The van der Waals surface area contributed by atoms with E-state index in [0.717, 1.165) is 25.9 Å². The van der Waals surface area contributed by atoms with Gasteiger partial charge in [-0.25, -0.2) is 9.78 Å². The molecular formula is C17H18N4O4. The number of anilines is 1. The van der Waals surface area contributed by atoms with Gasteiger partial charge in [0.05, 0.1) is 4.92 Å². The van der Waals surface area contributed by atoms with Crippen LogP contribution < -0.4 is 10.1 Å². The Morgan fingerprint density at radius 1 is 1.28 bits per heavy atom. The van der Waals surface area contributed by atoms with Crippen LogP contribution in [0.3, 0.4) is 0 Å². The van der Waals surface area contributed by atoms with Gasteiger partial charge in [-0.1, -0.05) is 0 Å². The zero-order valence-corrected chi connectivity index (χ0v) is 13.8. The van der Waals surface area contributed by atoms with E-state index in [-0.39, 0.29) is 11.7 Å². The van der Waals surface area contributed by atoms with Crippen LogP contribution in [0.15, 0.2) is 36.5 Å². The summed E-state index contributed by atoms with van der Waals surface area (Å²) < 4.78 is 5.76. The van der Waals surface area contributed by atoms with Crippen molar-refractivity contribution >= 4 is 17.5 Å². The van der Waals surface area contributed by atoms with E-state index >= 15 is 0 Å². The summed E-state index contributed by atoms with van der Waals surface area (Å²) in [6.07, 6.45) is 3.57. The average molecular weight is 342 g/mol. The van der Waals surface area contributed by atoms with Gasteiger partial charge < -0.3 is 9.64 Å². The van der Waals surface area contributed by atoms with Crippen molar-refractivity contribution in [3.05, 3.63) is 52.2 Å². The van der Waals surface area contributed by atoms with Gasteiger partial charge in [-0.2, -0.15) is 0 Å². The Morgan fingerprint density at radius 3 is 2.72 bits per heavy atom. The number of likely N-dealkylation sites (tertiary alicyclic amines) is 1. The number of ether oxygens (including phenoxy) is 1. The molecule has 1 aromatic carbocycles. The number of benzene rings is 1. The maximum atomic E-state index is 12.1. The van der Waals surface area contributed by atoms with Crippen molar-refractivity contribution < 1.29 is 14.5 Å². The van der Waals surface area contributed by atoms with E-state index in [1.54, 1.807) is 30.0 Å². The summed E-state index contributed by atoms with van der Waals surface area (Å²) in [4.78, 5) is 28.3. The second-order valence-corrected chi connectivity index (χ2v) is 5.81. The number of urea groups is 1. The molecule has 1 aliphatic rings. The highest BCUT2D eigenvalue weighted by Gasteiger charge is 2.18. The molecule has 0 unspecified atom stereocenters. The Kier molecular flexibility index (Phi) is 4.78. The number of nitrogens with one attached hydrogen (secondary N) is 1. The number of amides is 2. The fourth-order valence-corrected chi connectivity index (χ4v) is 2.64. The normalized spacial score (nSPS) is 13.6. The molecule has 0 bridgehead atoms. The summed E-state index contributed by atoms with van der Waals surface area (Å²) in [5.41, 5.74) is 0.659. The Balaban J connectivity index is 1.71. The van der Waals surface area contributed by atoms with Crippen LogP contribution >= 0.6 is 0 Å². The molecule has 1 fully saturated rings. The Bertz CT molecular complexity index is 803. The number of aromatic nitrogens is 1. The van der Waals surface area contributed by atoms with Gasteiger partial charge in [0.2, 0.25) is 0 Å². The van der Waals surface area contributed by atoms with Crippen LogP contribution in [0, 0.1) is 17.0 Å². The highest BCUT2D eigenvalue weighted by molar-refractivity contribution is 5.88. The minimum absolute atomic E-state index is 0.0122. The number of carbonyl (C=O) groups is 1. The third-order valence-electron chi connectivity index (χ3n) is 3.96. The van der Waals surface area contributed by atoms with Gasteiger partial charge >= 0.3 is 6.03 Å². The highest BCUT2D eigenvalue weighted by atomic mass is 16.6. The fourth-order valence-electron chi connectivity index (χ4n) is 2.64. The third-order valence-corrected chi connectivity index (χ3v) is 3.96. The first-order chi connectivity index (χ1) is 12.0. The van der Waals surface area contributed by atoms with Crippen molar-refractivity contribution in [1.82, 2.24) is 9.88 Å². The zero-order chi connectivity index (χ0) is 17.8. The summed E-state index contributed by atoms with van der Waals surface area (Å²) in [5, 5.41) is 13.5. The second-order valence-electron chi connectivity index (χ2n) is 5.81. The van der Waals surface area contributed by atoms with E-state index in [1.807, 2.05) is 0 Å². The molecule has 2 aromatic rings. The monoisotopic (exact) mass is 342 g/mol. The molecule has 0 radical (unpaired) electrons. The number of aryl methyl sites for hydroxylation is 1. The first-order valence-corrected chi connectivity index (χ1v) is 7.98. The van der Waals surface area contributed by atoms with E-state index in [9.17, 15) is 14.9 Å². The van der Waals surface area contributed by atoms with Gasteiger partial charge in [-0.3, -0.25) is 15.4 Å². The number of pyridine rings is 1. The van der Waals surface area contributed by atoms with E-state index in [1.165, 1.54) is 18.3 Å². The molecule has 0 spiro atoms. The predicted molar refractivity (Wildman–Crippen MR) is 92.0 cm³/mol. The summed E-state index contributed by atoms with van der Waals surface area (Å²) >= 11 is 0. The molecule has 0 atom stereocenters. The molecule has 130 valence electrons. The van der Waals surface area contributed by atoms with Gasteiger partial charge in [0.25, 0.3) is 5.69 Å². The Labute approximate surface area is 144 Å². The Morgan fingerprint density at radius 2 is 2.04 bits per heavy atom. The first-order valence-electron chi connectivity index (χ1n) is 7.98. The second kappa shape index (κ2) is 7.16. The maximum Gasteiger partial charge on any atom is 0.323 e. The number of hydrogen-bond acceptors (Lipinski definition) is 5. The zero-order valence-electron chi connectivity index (χ0n) is 13.8. The van der Waals surface area contributed by atoms with Gasteiger partial charge in [0, 0.05) is 37.5 Å². The minimum atomic E-state index is -0.449. The number of nitro groups is 1. The standard InChI is InChI=1S/C17H18N4O4/c1-12-10-13(21(23)24)4-5-15(12)25-14-6-7-18-16(11-14)19-17(22)20-8-2-3-9-20/h4-7,10-11H,2-3,8-9H2,1H3,(H,18,19,22). The number of nitro benzene ring substituents is 1. The summed E-state index contributed by atoms with van der Waals surface area (Å²) in [6, 6.07) is 7.50. The van der Waals surface area contributed by atoms with E-state index < -0.39 is 4.92 Å². The molecule has 2 heterocycles.